The third kappa shape index (κ3) is 1.33. The highest BCUT2D eigenvalue weighted by Crippen LogP contribution is 2.26. The Morgan fingerprint density at radius 2 is 2.42 bits per heavy atom. The smallest absolute Gasteiger partial charge is 0.129 e. The predicted molar refractivity (Wildman–Crippen MR) is 48.5 cm³/mol. The summed E-state index contributed by atoms with van der Waals surface area (Å²) < 4.78 is 5.69. The van der Waals surface area contributed by atoms with Gasteiger partial charge in [-0.05, 0) is 26.2 Å². The minimum atomic E-state index is -0.0968. The summed E-state index contributed by atoms with van der Waals surface area (Å²) in [5.41, 5.74) is -0.0968. The standard InChI is InChI=1S/C9H16N2O/c1-9(4-2-7-12-9)8-10-5-3-6-11-8/h2-7H2,1H3,(H,10,11). The fourth-order valence-electron chi connectivity index (χ4n) is 1.85. The SMILES string of the molecule is CC1(C2=NCCCN2)CCCO1. The van der Waals surface area contributed by atoms with E-state index in [1.54, 1.807) is 0 Å². The quantitative estimate of drug-likeness (QED) is 0.632. The van der Waals surface area contributed by atoms with Crippen molar-refractivity contribution in [2.75, 3.05) is 19.7 Å². The molecule has 0 bridgehead atoms. The number of nitrogens with zero attached hydrogens (tertiary/aromatic N) is 1. The van der Waals surface area contributed by atoms with E-state index in [1.807, 2.05) is 0 Å². The second kappa shape index (κ2) is 3.05. The molecule has 1 unspecified atom stereocenters. The molecule has 2 aliphatic rings. The first-order valence-electron chi connectivity index (χ1n) is 4.74. The highest BCUT2D eigenvalue weighted by atomic mass is 16.5. The van der Waals surface area contributed by atoms with Crippen LogP contribution in [0.1, 0.15) is 26.2 Å². The van der Waals surface area contributed by atoms with Crippen LogP contribution in [0.25, 0.3) is 0 Å². The van der Waals surface area contributed by atoms with Gasteiger partial charge >= 0.3 is 0 Å². The fourth-order valence-corrected chi connectivity index (χ4v) is 1.85. The van der Waals surface area contributed by atoms with Crippen molar-refractivity contribution in [3.63, 3.8) is 0 Å². The number of hydrogen-bond donors (Lipinski definition) is 1. The van der Waals surface area contributed by atoms with E-state index in [4.69, 9.17) is 4.74 Å². The van der Waals surface area contributed by atoms with Gasteiger partial charge in [-0.2, -0.15) is 0 Å². The Morgan fingerprint density at radius 3 is 3.00 bits per heavy atom. The zero-order chi connectivity index (χ0) is 8.44. The average molecular weight is 168 g/mol. The second-order valence-electron chi connectivity index (χ2n) is 3.69. The van der Waals surface area contributed by atoms with Crippen molar-refractivity contribution in [2.45, 2.75) is 31.8 Å². The number of ether oxygens (including phenoxy) is 1. The number of nitrogens with one attached hydrogen (secondary N) is 1. The molecule has 1 N–H and O–H groups in total. The normalized spacial score (nSPS) is 35.9. The van der Waals surface area contributed by atoms with E-state index in [2.05, 4.69) is 17.2 Å². The molecule has 0 aromatic rings. The molecule has 3 heteroatoms. The lowest BCUT2D eigenvalue weighted by Crippen LogP contribution is -2.46. The maximum atomic E-state index is 5.69. The first-order valence-corrected chi connectivity index (χ1v) is 4.74. The van der Waals surface area contributed by atoms with Gasteiger partial charge in [-0.25, -0.2) is 0 Å². The Kier molecular flexibility index (Phi) is 2.05. The van der Waals surface area contributed by atoms with Crippen molar-refractivity contribution in [3.05, 3.63) is 0 Å². The average Bonchev–Trinajstić information content (AvgIpc) is 2.55. The van der Waals surface area contributed by atoms with Gasteiger partial charge in [-0.15, -0.1) is 0 Å². The predicted octanol–water partition coefficient (Wildman–Crippen LogP) is 0.947. The number of amidine groups is 1. The summed E-state index contributed by atoms with van der Waals surface area (Å²) in [5, 5.41) is 3.33. The monoisotopic (exact) mass is 168 g/mol. The molecule has 3 nitrogen and oxygen atoms in total. The van der Waals surface area contributed by atoms with Gasteiger partial charge in [0.05, 0.1) is 0 Å². The summed E-state index contributed by atoms with van der Waals surface area (Å²) in [7, 11) is 0. The van der Waals surface area contributed by atoms with Crippen LogP contribution in [0.2, 0.25) is 0 Å². The number of aliphatic imine (C=N–C) groups is 1. The van der Waals surface area contributed by atoms with E-state index >= 15 is 0 Å². The molecule has 0 spiro atoms. The van der Waals surface area contributed by atoms with Crippen LogP contribution in [0.3, 0.4) is 0 Å². The molecule has 68 valence electrons. The summed E-state index contributed by atoms with van der Waals surface area (Å²) in [6.45, 7) is 5.04. The highest BCUT2D eigenvalue weighted by molar-refractivity contribution is 5.90. The van der Waals surface area contributed by atoms with Crippen molar-refractivity contribution in [1.29, 1.82) is 0 Å². The lowest BCUT2D eigenvalue weighted by atomic mass is 10.0. The Bertz CT molecular complexity index is 195. The lowest BCUT2D eigenvalue weighted by Gasteiger charge is -2.28. The zero-order valence-electron chi connectivity index (χ0n) is 7.60. The van der Waals surface area contributed by atoms with Gasteiger partial charge in [0, 0.05) is 19.7 Å². The van der Waals surface area contributed by atoms with Crippen LogP contribution >= 0.6 is 0 Å². The van der Waals surface area contributed by atoms with Crippen molar-refractivity contribution in [2.24, 2.45) is 4.99 Å². The van der Waals surface area contributed by atoms with Crippen LogP contribution in [0.5, 0.6) is 0 Å². The molecule has 1 fully saturated rings. The molecular weight excluding hydrogens is 152 g/mol. The van der Waals surface area contributed by atoms with Crippen LogP contribution < -0.4 is 5.32 Å². The molecule has 12 heavy (non-hydrogen) atoms. The molecule has 0 aliphatic carbocycles. The van der Waals surface area contributed by atoms with E-state index in [-0.39, 0.29) is 5.60 Å². The minimum absolute atomic E-state index is 0.0968. The van der Waals surface area contributed by atoms with Crippen molar-refractivity contribution in [3.8, 4) is 0 Å². The minimum Gasteiger partial charge on any atom is -0.371 e. The third-order valence-corrected chi connectivity index (χ3v) is 2.62. The van der Waals surface area contributed by atoms with Gasteiger partial charge in [0.15, 0.2) is 0 Å². The van der Waals surface area contributed by atoms with Crippen molar-refractivity contribution < 1.29 is 4.74 Å². The van der Waals surface area contributed by atoms with E-state index < -0.39 is 0 Å². The molecule has 0 aromatic heterocycles. The Balaban J connectivity index is 2.10. The first kappa shape index (κ1) is 8.05. The zero-order valence-corrected chi connectivity index (χ0v) is 7.60. The number of rotatable bonds is 1. The molecule has 2 heterocycles. The molecule has 2 aliphatic heterocycles. The van der Waals surface area contributed by atoms with E-state index in [0.29, 0.717) is 0 Å². The van der Waals surface area contributed by atoms with E-state index in [0.717, 1.165) is 44.8 Å². The van der Waals surface area contributed by atoms with Crippen LogP contribution in [0, 0.1) is 0 Å². The molecule has 1 saturated heterocycles. The number of hydrogen-bond acceptors (Lipinski definition) is 3. The molecule has 0 amide bonds. The van der Waals surface area contributed by atoms with Gasteiger partial charge in [-0.3, -0.25) is 4.99 Å². The molecular formula is C9H16N2O. The Morgan fingerprint density at radius 1 is 1.50 bits per heavy atom. The summed E-state index contributed by atoms with van der Waals surface area (Å²) in [4.78, 5) is 4.46. The van der Waals surface area contributed by atoms with Gasteiger partial charge < -0.3 is 10.1 Å². The fraction of sp³-hybridized carbons (Fsp3) is 0.889. The van der Waals surface area contributed by atoms with Crippen LogP contribution in [-0.4, -0.2) is 31.1 Å². The third-order valence-electron chi connectivity index (χ3n) is 2.62. The molecule has 0 aromatic carbocycles. The maximum absolute atomic E-state index is 5.69. The summed E-state index contributed by atoms with van der Waals surface area (Å²) in [6, 6.07) is 0. The maximum Gasteiger partial charge on any atom is 0.129 e. The van der Waals surface area contributed by atoms with Crippen LogP contribution in [-0.2, 0) is 4.74 Å². The summed E-state index contributed by atoms with van der Waals surface area (Å²) in [6.07, 6.45) is 3.43. The van der Waals surface area contributed by atoms with Gasteiger partial charge in [0.2, 0.25) is 0 Å². The van der Waals surface area contributed by atoms with Crippen LogP contribution in [0.4, 0.5) is 0 Å². The van der Waals surface area contributed by atoms with E-state index in [1.165, 1.54) is 0 Å². The largest absolute Gasteiger partial charge is 0.371 e. The van der Waals surface area contributed by atoms with Crippen molar-refractivity contribution in [1.82, 2.24) is 5.32 Å². The van der Waals surface area contributed by atoms with E-state index in [9.17, 15) is 0 Å². The lowest BCUT2D eigenvalue weighted by molar-refractivity contribution is 0.0740. The second-order valence-corrected chi connectivity index (χ2v) is 3.69. The topological polar surface area (TPSA) is 33.6 Å². The molecule has 1 atom stereocenters. The first-order chi connectivity index (χ1) is 5.81. The summed E-state index contributed by atoms with van der Waals surface area (Å²) >= 11 is 0. The molecule has 2 rings (SSSR count). The highest BCUT2D eigenvalue weighted by Gasteiger charge is 2.35. The molecule has 0 saturated carbocycles. The summed E-state index contributed by atoms with van der Waals surface area (Å²) in [5.74, 6) is 1.08. The van der Waals surface area contributed by atoms with Gasteiger partial charge in [-0.1, -0.05) is 0 Å². The van der Waals surface area contributed by atoms with Gasteiger partial charge in [0.25, 0.3) is 0 Å². The van der Waals surface area contributed by atoms with Gasteiger partial charge in [0.1, 0.15) is 11.4 Å². The van der Waals surface area contributed by atoms with Crippen molar-refractivity contribution >= 4 is 5.84 Å². The Labute approximate surface area is 73.2 Å². The Hall–Kier alpha value is -0.570. The van der Waals surface area contributed by atoms with Crippen LogP contribution in [0.15, 0.2) is 4.99 Å². The molecule has 0 radical (unpaired) electrons.